The third-order valence-electron chi connectivity index (χ3n) is 4.80. The minimum absolute atomic E-state index is 0.121. The second-order valence-corrected chi connectivity index (χ2v) is 7.43. The SMILES string of the molecule is CC(C)(N)c1ccc(CC(=O)c2ncc(C#N)[nH]2)c(C2=CCCCC2)c1. The van der Waals surface area contributed by atoms with E-state index in [9.17, 15) is 4.79 Å². The molecule has 1 heterocycles. The van der Waals surface area contributed by atoms with Gasteiger partial charge in [-0.15, -0.1) is 0 Å². The van der Waals surface area contributed by atoms with Crippen molar-refractivity contribution in [3.05, 3.63) is 58.7 Å². The van der Waals surface area contributed by atoms with Crippen molar-refractivity contribution >= 4 is 11.4 Å². The number of nitrogens with one attached hydrogen (secondary N) is 1. The number of rotatable bonds is 5. The summed E-state index contributed by atoms with van der Waals surface area (Å²) in [7, 11) is 0. The van der Waals surface area contributed by atoms with Crippen molar-refractivity contribution in [1.29, 1.82) is 5.26 Å². The van der Waals surface area contributed by atoms with Crippen LogP contribution in [-0.4, -0.2) is 15.8 Å². The summed E-state index contributed by atoms with van der Waals surface area (Å²) in [5.74, 6) is 0.109. The number of aromatic amines is 1. The fraction of sp³-hybridized carbons (Fsp3) is 0.381. The molecule has 0 atom stereocenters. The number of allylic oxidation sites excluding steroid dienone is 2. The zero-order valence-corrected chi connectivity index (χ0v) is 15.3. The maximum absolute atomic E-state index is 12.6. The van der Waals surface area contributed by atoms with Gasteiger partial charge in [0, 0.05) is 12.0 Å². The molecule has 0 aliphatic heterocycles. The Hall–Kier alpha value is -2.71. The van der Waals surface area contributed by atoms with Crippen molar-refractivity contribution in [3.8, 4) is 6.07 Å². The van der Waals surface area contributed by atoms with Crippen LogP contribution in [0.1, 0.15) is 72.5 Å². The lowest BCUT2D eigenvalue weighted by molar-refractivity contribution is 0.0984. The van der Waals surface area contributed by atoms with Gasteiger partial charge in [0.1, 0.15) is 11.8 Å². The van der Waals surface area contributed by atoms with Gasteiger partial charge in [-0.3, -0.25) is 4.79 Å². The molecule has 26 heavy (non-hydrogen) atoms. The molecular formula is C21H24N4O. The first-order valence-corrected chi connectivity index (χ1v) is 8.98. The van der Waals surface area contributed by atoms with Crippen molar-refractivity contribution in [2.75, 3.05) is 0 Å². The highest BCUT2D eigenvalue weighted by atomic mass is 16.1. The largest absolute Gasteiger partial charge is 0.327 e. The van der Waals surface area contributed by atoms with Crippen molar-refractivity contribution in [2.24, 2.45) is 5.73 Å². The highest BCUT2D eigenvalue weighted by Crippen LogP contribution is 2.32. The van der Waals surface area contributed by atoms with Gasteiger partial charge >= 0.3 is 0 Å². The number of hydrogen-bond acceptors (Lipinski definition) is 4. The quantitative estimate of drug-likeness (QED) is 0.802. The predicted molar refractivity (Wildman–Crippen MR) is 101 cm³/mol. The maximum atomic E-state index is 12.6. The average molecular weight is 348 g/mol. The first-order valence-electron chi connectivity index (χ1n) is 8.98. The van der Waals surface area contributed by atoms with E-state index in [-0.39, 0.29) is 18.0 Å². The van der Waals surface area contributed by atoms with Gasteiger partial charge in [-0.05, 0) is 67.9 Å². The van der Waals surface area contributed by atoms with E-state index >= 15 is 0 Å². The van der Waals surface area contributed by atoms with Crippen LogP contribution in [0.15, 0.2) is 30.5 Å². The van der Waals surface area contributed by atoms with E-state index < -0.39 is 5.54 Å². The van der Waals surface area contributed by atoms with E-state index in [0.29, 0.717) is 5.69 Å². The molecule has 0 saturated heterocycles. The number of imidazole rings is 1. The average Bonchev–Trinajstić information content (AvgIpc) is 3.11. The number of hydrogen-bond donors (Lipinski definition) is 2. The number of carbonyl (C=O) groups excluding carboxylic acids is 1. The van der Waals surface area contributed by atoms with Gasteiger partial charge in [0.2, 0.25) is 5.78 Å². The molecule has 0 saturated carbocycles. The van der Waals surface area contributed by atoms with E-state index in [1.54, 1.807) is 0 Å². The number of Topliss-reactive ketones (excluding diaryl/α,β-unsaturated/α-hetero) is 1. The van der Waals surface area contributed by atoms with Crippen LogP contribution in [-0.2, 0) is 12.0 Å². The Labute approximate surface area is 153 Å². The molecule has 5 nitrogen and oxygen atoms in total. The fourth-order valence-corrected chi connectivity index (χ4v) is 3.29. The molecule has 1 aliphatic carbocycles. The van der Waals surface area contributed by atoms with Gasteiger partial charge in [-0.25, -0.2) is 4.98 Å². The Morgan fingerprint density at radius 1 is 1.38 bits per heavy atom. The summed E-state index contributed by atoms with van der Waals surface area (Å²) < 4.78 is 0. The lowest BCUT2D eigenvalue weighted by Gasteiger charge is -2.23. The lowest BCUT2D eigenvalue weighted by Crippen LogP contribution is -2.28. The number of carbonyl (C=O) groups is 1. The summed E-state index contributed by atoms with van der Waals surface area (Å²) in [6, 6.07) is 8.09. The van der Waals surface area contributed by atoms with Crippen molar-refractivity contribution < 1.29 is 4.79 Å². The topological polar surface area (TPSA) is 95.6 Å². The van der Waals surface area contributed by atoms with Crippen LogP contribution < -0.4 is 5.73 Å². The number of nitriles is 1. The summed E-state index contributed by atoms with van der Waals surface area (Å²) >= 11 is 0. The number of aromatic nitrogens is 2. The van der Waals surface area contributed by atoms with Crippen LogP contribution in [0.2, 0.25) is 0 Å². The van der Waals surface area contributed by atoms with Gasteiger partial charge in [-0.2, -0.15) is 5.26 Å². The molecule has 0 amide bonds. The Balaban J connectivity index is 1.96. The molecule has 0 spiro atoms. The van der Waals surface area contributed by atoms with Crippen molar-refractivity contribution in [1.82, 2.24) is 9.97 Å². The number of nitrogens with zero attached hydrogens (tertiary/aromatic N) is 2. The van der Waals surface area contributed by atoms with Crippen LogP contribution in [0, 0.1) is 11.3 Å². The monoisotopic (exact) mass is 348 g/mol. The molecule has 3 N–H and O–H groups in total. The van der Waals surface area contributed by atoms with Gasteiger partial charge in [0.15, 0.2) is 5.82 Å². The summed E-state index contributed by atoms with van der Waals surface area (Å²) in [4.78, 5) is 19.4. The normalized spacial score (nSPS) is 14.6. The standard InChI is InChI=1S/C21H24N4O/c1-21(2,23)16-9-8-15(18(11-16)14-6-4-3-5-7-14)10-19(26)20-24-13-17(12-22)25-20/h6,8-9,11,13H,3-5,7,10,23H2,1-2H3,(H,24,25). The first-order chi connectivity index (χ1) is 12.4. The zero-order chi connectivity index (χ0) is 18.7. The maximum Gasteiger partial charge on any atom is 0.202 e. The molecule has 2 aromatic rings. The van der Waals surface area contributed by atoms with E-state index in [0.717, 1.165) is 29.5 Å². The van der Waals surface area contributed by atoms with Crippen molar-refractivity contribution in [2.45, 2.75) is 51.5 Å². The molecule has 1 aromatic carbocycles. The van der Waals surface area contributed by atoms with E-state index in [1.807, 2.05) is 32.0 Å². The molecule has 0 bridgehead atoms. The second kappa shape index (κ2) is 7.27. The molecule has 1 aliphatic rings. The molecule has 0 fully saturated rings. The fourth-order valence-electron chi connectivity index (χ4n) is 3.29. The van der Waals surface area contributed by atoms with E-state index in [2.05, 4.69) is 22.1 Å². The lowest BCUT2D eigenvalue weighted by atomic mass is 9.85. The van der Waals surface area contributed by atoms with Gasteiger partial charge in [0.05, 0.1) is 6.20 Å². The van der Waals surface area contributed by atoms with Gasteiger partial charge in [-0.1, -0.05) is 18.2 Å². The van der Waals surface area contributed by atoms with Gasteiger partial charge in [0.25, 0.3) is 0 Å². The predicted octanol–water partition coefficient (Wildman–Crippen LogP) is 3.86. The summed E-state index contributed by atoms with van der Waals surface area (Å²) in [6.07, 6.45) is 8.38. The van der Waals surface area contributed by atoms with Crippen LogP contribution in [0.25, 0.3) is 5.57 Å². The summed E-state index contributed by atoms with van der Waals surface area (Å²) in [6.45, 7) is 3.97. The van der Waals surface area contributed by atoms with E-state index in [4.69, 9.17) is 11.0 Å². The zero-order valence-electron chi connectivity index (χ0n) is 15.3. The Kier molecular flexibility index (Phi) is 5.06. The number of ketones is 1. The van der Waals surface area contributed by atoms with Gasteiger partial charge < -0.3 is 10.7 Å². The molecule has 5 heteroatoms. The number of H-pyrrole nitrogens is 1. The van der Waals surface area contributed by atoms with Crippen molar-refractivity contribution in [3.63, 3.8) is 0 Å². The summed E-state index contributed by atoms with van der Waals surface area (Å²) in [5.41, 5.74) is 10.6. The highest BCUT2D eigenvalue weighted by Gasteiger charge is 2.20. The second-order valence-electron chi connectivity index (χ2n) is 7.43. The smallest absolute Gasteiger partial charge is 0.202 e. The van der Waals surface area contributed by atoms with Crippen LogP contribution >= 0.6 is 0 Å². The van der Waals surface area contributed by atoms with Crippen LogP contribution in [0.4, 0.5) is 0 Å². The minimum atomic E-state index is -0.435. The number of benzene rings is 1. The van der Waals surface area contributed by atoms with E-state index in [1.165, 1.54) is 24.6 Å². The van der Waals surface area contributed by atoms with Crippen LogP contribution in [0.3, 0.4) is 0 Å². The Morgan fingerprint density at radius 2 is 2.19 bits per heavy atom. The molecule has 1 aromatic heterocycles. The molecule has 0 unspecified atom stereocenters. The Morgan fingerprint density at radius 3 is 2.81 bits per heavy atom. The minimum Gasteiger partial charge on any atom is -0.327 e. The molecular weight excluding hydrogens is 324 g/mol. The first kappa shape index (κ1) is 18.1. The molecule has 0 radical (unpaired) electrons. The Bertz CT molecular complexity index is 893. The third kappa shape index (κ3) is 3.92. The third-order valence-corrected chi connectivity index (χ3v) is 4.80. The summed E-state index contributed by atoms with van der Waals surface area (Å²) in [5, 5.41) is 8.89. The molecule has 134 valence electrons. The van der Waals surface area contributed by atoms with Crippen LogP contribution in [0.5, 0.6) is 0 Å². The highest BCUT2D eigenvalue weighted by molar-refractivity contribution is 5.95. The number of nitrogens with two attached hydrogens (primary N) is 1. The molecule has 3 rings (SSSR count).